The van der Waals surface area contributed by atoms with Crippen molar-refractivity contribution in [3.63, 3.8) is 0 Å². The maximum atomic E-state index is 11.8. The number of carbonyl (C=O) groups is 1. The Bertz CT molecular complexity index is 496. The van der Waals surface area contributed by atoms with Crippen molar-refractivity contribution < 1.29 is 18.3 Å². The summed E-state index contributed by atoms with van der Waals surface area (Å²) >= 11 is 0. The SMILES string of the molecule is CCc1cncc(S(=O)(=O)CCCC(=O)O)c1. The lowest BCUT2D eigenvalue weighted by molar-refractivity contribution is -0.137. The van der Waals surface area contributed by atoms with Gasteiger partial charge in [0.05, 0.1) is 10.6 Å². The molecule has 0 aromatic carbocycles. The van der Waals surface area contributed by atoms with Crippen molar-refractivity contribution in [3.05, 3.63) is 24.0 Å². The maximum Gasteiger partial charge on any atom is 0.303 e. The fourth-order valence-electron chi connectivity index (χ4n) is 1.36. The molecule has 0 fully saturated rings. The Morgan fingerprint density at radius 3 is 2.71 bits per heavy atom. The largest absolute Gasteiger partial charge is 0.481 e. The zero-order chi connectivity index (χ0) is 12.9. The summed E-state index contributed by atoms with van der Waals surface area (Å²) in [5.74, 6) is -1.14. The first-order valence-corrected chi connectivity index (χ1v) is 6.99. The summed E-state index contributed by atoms with van der Waals surface area (Å²) in [7, 11) is -3.41. The highest BCUT2D eigenvalue weighted by atomic mass is 32.2. The molecular weight excluding hydrogens is 242 g/mol. The first-order valence-electron chi connectivity index (χ1n) is 5.34. The fraction of sp³-hybridized carbons (Fsp3) is 0.455. The summed E-state index contributed by atoms with van der Waals surface area (Å²) in [6.07, 6.45) is 3.62. The van der Waals surface area contributed by atoms with Gasteiger partial charge < -0.3 is 5.11 Å². The number of carboxylic acid groups (broad SMARTS) is 1. The van der Waals surface area contributed by atoms with Crippen LogP contribution in [0.5, 0.6) is 0 Å². The molecule has 0 saturated carbocycles. The highest BCUT2D eigenvalue weighted by Crippen LogP contribution is 2.13. The van der Waals surface area contributed by atoms with E-state index in [1.165, 1.54) is 6.20 Å². The van der Waals surface area contributed by atoms with Crippen LogP contribution in [0.2, 0.25) is 0 Å². The highest BCUT2D eigenvalue weighted by molar-refractivity contribution is 7.91. The van der Waals surface area contributed by atoms with E-state index in [1.54, 1.807) is 12.3 Å². The summed E-state index contributed by atoms with van der Waals surface area (Å²) in [5, 5.41) is 8.46. The monoisotopic (exact) mass is 257 g/mol. The Labute approximate surface area is 100 Å². The van der Waals surface area contributed by atoms with Gasteiger partial charge in [-0.1, -0.05) is 6.92 Å². The highest BCUT2D eigenvalue weighted by Gasteiger charge is 2.15. The molecule has 1 aromatic rings. The first-order chi connectivity index (χ1) is 7.95. The Balaban J connectivity index is 2.78. The summed E-state index contributed by atoms with van der Waals surface area (Å²) in [5.41, 5.74) is 0.851. The van der Waals surface area contributed by atoms with E-state index in [0.717, 1.165) is 5.56 Å². The van der Waals surface area contributed by atoms with Crippen LogP contribution in [-0.2, 0) is 21.1 Å². The van der Waals surface area contributed by atoms with Crippen molar-refractivity contribution in [2.24, 2.45) is 0 Å². The number of sulfone groups is 1. The molecule has 1 aromatic heterocycles. The van der Waals surface area contributed by atoms with Crippen molar-refractivity contribution in [3.8, 4) is 0 Å². The lowest BCUT2D eigenvalue weighted by atomic mass is 10.2. The predicted molar refractivity (Wildman–Crippen MR) is 62.5 cm³/mol. The predicted octanol–water partition coefficient (Wildman–Crippen LogP) is 1.28. The summed E-state index contributed by atoms with van der Waals surface area (Å²) in [6, 6.07) is 1.59. The molecule has 0 radical (unpaired) electrons. The van der Waals surface area contributed by atoms with Crippen LogP contribution in [-0.4, -0.2) is 30.2 Å². The molecule has 1 N–H and O–H groups in total. The molecule has 0 aliphatic carbocycles. The molecule has 94 valence electrons. The summed E-state index contributed by atoms with van der Waals surface area (Å²) in [6.45, 7) is 1.91. The van der Waals surface area contributed by atoms with Crippen molar-refractivity contribution in [2.75, 3.05) is 5.75 Å². The van der Waals surface area contributed by atoms with Gasteiger partial charge in [0.25, 0.3) is 0 Å². The molecule has 0 bridgehead atoms. The van der Waals surface area contributed by atoms with E-state index >= 15 is 0 Å². The van der Waals surface area contributed by atoms with Gasteiger partial charge in [-0.25, -0.2) is 8.42 Å². The van der Waals surface area contributed by atoms with Crippen LogP contribution < -0.4 is 0 Å². The van der Waals surface area contributed by atoms with Gasteiger partial charge in [0, 0.05) is 18.8 Å². The summed E-state index contributed by atoms with van der Waals surface area (Å²) in [4.78, 5) is 14.4. The molecule has 1 rings (SSSR count). The first kappa shape index (κ1) is 13.6. The second-order valence-electron chi connectivity index (χ2n) is 3.70. The fourth-order valence-corrected chi connectivity index (χ4v) is 2.67. The number of hydrogen-bond donors (Lipinski definition) is 1. The lowest BCUT2D eigenvalue weighted by Gasteiger charge is -2.04. The van der Waals surface area contributed by atoms with E-state index in [1.807, 2.05) is 6.92 Å². The Morgan fingerprint density at radius 2 is 2.12 bits per heavy atom. The van der Waals surface area contributed by atoms with Crippen molar-refractivity contribution >= 4 is 15.8 Å². The Kier molecular flexibility index (Phi) is 4.62. The van der Waals surface area contributed by atoms with E-state index in [2.05, 4.69) is 4.98 Å². The van der Waals surface area contributed by atoms with Crippen LogP contribution in [0.1, 0.15) is 25.3 Å². The standard InChI is InChI=1S/C11H15NO4S/c1-2-9-6-10(8-12-7-9)17(15,16)5-3-4-11(13)14/h6-8H,2-5H2,1H3,(H,13,14). The van der Waals surface area contributed by atoms with E-state index in [4.69, 9.17) is 5.11 Å². The van der Waals surface area contributed by atoms with Crippen molar-refractivity contribution in [1.82, 2.24) is 4.98 Å². The number of carboxylic acids is 1. The molecule has 0 spiro atoms. The average Bonchev–Trinajstić information content (AvgIpc) is 2.28. The minimum Gasteiger partial charge on any atom is -0.481 e. The number of aromatic nitrogens is 1. The van der Waals surface area contributed by atoms with Gasteiger partial charge in [-0.2, -0.15) is 0 Å². The molecule has 0 aliphatic rings. The molecule has 5 nitrogen and oxygen atoms in total. The third-order valence-electron chi connectivity index (χ3n) is 2.34. The smallest absolute Gasteiger partial charge is 0.303 e. The topological polar surface area (TPSA) is 84.3 Å². The van der Waals surface area contributed by atoms with Gasteiger partial charge in [-0.05, 0) is 24.5 Å². The lowest BCUT2D eigenvalue weighted by Crippen LogP contribution is -2.09. The molecule has 0 unspecified atom stereocenters. The molecule has 1 heterocycles. The van der Waals surface area contributed by atoms with E-state index < -0.39 is 15.8 Å². The number of aliphatic carboxylic acids is 1. The second kappa shape index (κ2) is 5.77. The van der Waals surface area contributed by atoms with Gasteiger partial charge in [-0.15, -0.1) is 0 Å². The minimum atomic E-state index is -3.41. The number of nitrogens with zero attached hydrogens (tertiary/aromatic N) is 1. The number of aryl methyl sites for hydroxylation is 1. The third kappa shape index (κ3) is 4.14. The van der Waals surface area contributed by atoms with Gasteiger partial charge in [0.1, 0.15) is 0 Å². The minimum absolute atomic E-state index is 0.119. The van der Waals surface area contributed by atoms with E-state index in [0.29, 0.717) is 6.42 Å². The van der Waals surface area contributed by atoms with Gasteiger partial charge >= 0.3 is 5.97 Å². The van der Waals surface area contributed by atoms with Crippen LogP contribution in [0.3, 0.4) is 0 Å². The number of pyridine rings is 1. The molecule has 6 heteroatoms. The van der Waals surface area contributed by atoms with Crippen LogP contribution >= 0.6 is 0 Å². The van der Waals surface area contributed by atoms with Crippen molar-refractivity contribution in [2.45, 2.75) is 31.1 Å². The number of hydrogen-bond acceptors (Lipinski definition) is 4. The Hall–Kier alpha value is -1.43. The van der Waals surface area contributed by atoms with Crippen LogP contribution in [0.25, 0.3) is 0 Å². The van der Waals surface area contributed by atoms with Gasteiger partial charge in [-0.3, -0.25) is 9.78 Å². The van der Waals surface area contributed by atoms with E-state index in [-0.39, 0.29) is 23.5 Å². The van der Waals surface area contributed by atoms with E-state index in [9.17, 15) is 13.2 Å². The zero-order valence-electron chi connectivity index (χ0n) is 9.59. The third-order valence-corrected chi connectivity index (χ3v) is 4.11. The molecule has 0 atom stereocenters. The molecule has 17 heavy (non-hydrogen) atoms. The molecular formula is C11H15NO4S. The van der Waals surface area contributed by atoms with Crippen molar-refractivity contribution in [1.29, 1.82) is 0 Å². The second-order valence-corrected chi connectivity index (χ2v) is 5.81. The quantitative estimate of drug-likeness (QED) is 0.830. The normalized spacial score (nSPS) is 11.4. The summed E-state index contributed by atoms with van der Waals surface area (Å²) < 4.78 is 23.7. The molecule has 0 aliphatic heterocycles. The van der Waals surface area contributed by atoms with Crippen LogP contribution in [0.4, 0.5) is 0 Å². The van der Waals surface area contributed by atoms with Gasteiger partial charge in [0.15, 0.2) is 9.84 Å². The van der Waals surface area contributed by atoms with Crippen LogP contribution in [0.15, 0.2) is 23.4 Å². The zero-order valence-corrected chi connectivity index (χ0v) is 10.4. The molecule has 0 amide bonds. The number of rotatable bonds is 6. The van der Waals surface area contributed by atoms with Crippen LogP contribution in [0, 0.1) is 0 Å². The Morgan fingerprint density at radius 1 is 1.41 bits per heavy atom. The maximum absolute atomic E-state index is 11.8. The molecule has 0 saturated heterocycles. The average molecular weight is 257 g/mol. The van der Waals surface area contributed by atoms with Gasteiger partial charge in [0.2, 0.25) is 0 Å².